The molecule has 0 unspecified atom stereocenters. The van der Waals surface area contributed by atoms with E-state index in [9.17, 15) is 9.90 Å². The minimum atomic E-state index is -0.189. The van der Waals surface area contributed by atoms with Gasteiger partial charge in [-0.2, -0.15) is 0 Å². The van der Waals surface area contributed by atoms with Crippen LogP contribution in [0.1, 0.15) is 31.2 Å². The van der Waals surface area contributed by atoms with Gasteiger partial charge in [0.1, 0.15) is 0 Å². The summed E-state index contributed by atoms with van der Waals surface area (Å²) in [6.07, 6.45) is 3.92. The van der Waals surface area contributed by atoms with Crippen LogP contribution in [0.5, 0.6) is 0 Å². The summed E-state index contributed by atoms with van der Waals surface area (Å²) in [5, 5.41) is 15.3. The molecule has 122 valence electrons. The highest BCUT2D eigenvalue weighted by Crippen LogP contribution is 2.18. The lowest BCUT2D eigenvalue weighted by Crippen LogP contribution is -2.44. The zero-order valence-electron chi connectivity index (χ0n) is 13.5. The second kappa shape index (κ2) is 8.03. The number of aliphatic hydroxyl groups is 1. The van der Waals surface area contributed by atoms with Crippen molar-refractivity contribution in [3.63, 3.8) is 0 Å². The molecular weight excluding hydrogens is 278 g/mol. The molecule has 0 radical (unpaired) electrons. The van der Waals surface area contributed by atoms with Crippen LogP contribution >= 0.6 is 0 Å². The van der Waals surface area contributed by atoms with Crippen molar-refractivity contribution in [3.8, 4) is 0 Å². The molecule has 0 heterocycles. The van der Waals surface area contributed by atoms with Gasteiger partial charge in [-0.3, -0.25) is 0 Å². The number of hydrogen-bond donors (Lipinski definition) is 3. The summed E-state index contributed by atoms with van der Waals surface area (Å²) in [5.41, 5.74) is 2.39. The number of anilines is 1. The Hall–Kier alpha value is -1.75. The molecule has 22 heavy (non-hydrogen) atoms. The summed E-state index contributed by atoms with van der Waals surface area (Å²) >= 11 is 0. The molecule has 1 aromatic carbocycles. The third-order valence-electron chi connectivity index (χ3n) is 4.18. The monoisotopic (exact) mass is 305 g/mol. The summed E-state index contributed by atoms with van der Waals surface area (Å²) in [7, 11) is 4.04. The lowest BCUT2D eigenvalue weighted by atomic mass is 9.93. The molecule has 0 aliphatic heterocycles. The Balaban J connectivity index is 1.66. The first-order valence-corrected chi connectivity index (χ1v) is 8.03. The molecule has 0 atom stereocenters. The number of carbonyl (C=O) groups excluding carboxylic acids is 1. The van der Waals surface area contributed by atoms with Gasteiger partial charge >= 0.3 is 6.03 Å². The molecule has 1 aliphatic carbocycles. The lowest BCUT2D eigenvalue weighted by Gasteiger charge is -2.26. The van der Waals surface area contributed by atoms with Crippen molar-refractivity contribution in [2.45, 2.75) is 44.2 Å². The average molecular weight is 305 g/mol. The van der Waals surface area contributed by atoms with Gasteiger partial charge in [0.15, 0.2) is 0 Å². The van der Waals surface area contributed by atoms with E-state index < -0.39 is 0 Å². The number of amides is 2. The first-order valence-electron chi connectivity index (χ1n) is 8.03. The first kappa shape index (κ1) is 16.6. The van der Waals surface area contributed by atoms with Crippen LogP contribution < -0.4 is 15.5 Å². The Morgan fingerprint density at radius 1 is 1.18 bits per heavy atom. The van der Waals surface area contributed by atoms with Gasteiger partial charge in [0.05, 0.1) is 6.10 Å². The van der Waals surface area contributed by atoms with Gasteiger partial charge in [-0.1, -0.05) is 12.1 Å². The summed E-state index contributed by atoms with van der Waals surface area (Å²) < 4.78 is 0. The van der Waals surface area contributed by atoms with Crippen molar-refractivity contribution in [2.24, 2.45) is 0 Å². The molecule has 0 aromatic heterocycles. The van der Waals surface area contributed by atoms with Crippen molar-refractivity contribution in [1.29, 1.82) is 0 Å². The highest BCUT2D eigenvalue weighted by molar-refractivity contribution is 5.74. The standard InChI is InChI=1S/C17H27N3O2/c1-20(2)15-7-3-13(4-8-15)11-12-18-17(22)19-14-5-9-16(21)10-6-14/h3-4,7-8,14,16,21H,5-6,9-12H2,1-2H3,(H2,18,19,22). The van der Waals surface area contributed by atoms with E-state index in [1.165, 1.54) is 11.3 Å². The maximum absolute atomic E-state index is 11.8. The molecule has 1 aromatic rings. The largest absolute Gasteiger partial charge is 0.393 e. The molecule has 1 saturated carbocycles. The zero-order valence-corrected chi connectivity index (χ0v) is 13.5. The van der Waals surface area contributed by atoms with Crippen molar-refractivity contribution in [1.82, 2.24) is 10.6 Å². The van der Waals surface area contributed by atoms with Crippen LogP contribution in [0.2, 0.25) is 0 Å². The fourth-order valence-electron chi connectivity index (χ4n) is 2.74. The SMILES string of the molecule is CN(C)c1ccc(CCNC(=O)NC2CCC(O)CC2)cc1. The molecule has 1 fully saturated rings. The third kappa shape index (κ3) is 5.22. The minimum Gasteiger partial charge on any atom is -0.393 e. The lowest BCUT2D eigenvalue weighted by molar-refractivity contribution is 0.117. The van der Waals surface area contributed by atoms with Crippen LogP contribution in [-0.4, -0.2) is 43.9 Å². The van der Waals surface area contributed by atoms with Gasteiger partial charge in [0, 0.05) is 32.4 Å². The number of carbonyl (C=O) groups is 1. The Kier molecular flexibility index (Phi) is 6.07. The Morgan fingerprint density at radius 3 is 2.41 bits per heavy atom. The number of urea groups is 1. The second-order valence-corrected chi connectivity index (χ2v) is 6.22. The van der Waals surface area contributed by atoms with Crippen LogP contribution in [0.4, 0.5) is 10.5 Å². The van der Waals surface area contributed by atoms with Gasteiger partial charge < -0.3 is 20.6 Å². The minimum absolute atomic E-state index is 0.105. The van der Waals surface area contributed by atoms with Crippen molar-refractivity contribution in [2.75, 3.05) is 25.5 Å². The molecule has 5 nitrogen and oxygen atoms in total. The topological polar surface area (TPSA) is 64.6 Å². The maximum atomic E-state index is 11.8. The molecule has 0 bridgehead atoms. The molecular formula is C17H27N3O2. The van der Waals surface area contributed by atoms with Gasteiger partial charge in [-0.25, -0.2) is 4.79 Å². The summed E-state index contributed by atoms with van der Waals surface area (Å²) in [6, 6.07) is 8.45. The molecule has 2 rings (SSSR count). The maximum Gasteiger partial charge on any atom is 0.315 e. The third-order valence-corrected chi connectivity index (χ3v) is 4.18. The van der Waals surface area contributed by atoms with Gasteiger partial charge in [-0.15, -0.1) is 0 Å². The molecule has 5 heteroatoms. The zero-order chi connectivity index (χ0) is 15.9. The van der Waals surface area contributed by atoms with Crippen LogP contribution in [-0.2, 0) is 6.42 Å². The van der Waals surface area contributed by atoms with Crippen molar-refractivity contribution < 1.29 is 9.90 Å². The highest BCUT2D eigenvalue weighted by Gasteiger charge is 2.20. The average Bonchev–Trinajstić information content (AvgIpc) is 2.50. The van der Waals surface area contributed by atoms with E-state index in [0.29, 0.717) is 6.54 Å². The Morgan fingerprint density at radius 2 is 1.82 bits per heavy atom. The smallest absolute Gasteiger partial charge is 0.315 e. The number of benzene rings is 1. The number of rotatable bonds is 5. The fraction of sp³-hybridized carbons (Fsp3) is 0.588. The van der Waals surface area contributed by atoms with E-state index in [1.807, 2.05) is 14.1 Å². The molecule has 0 saturated heterocycles. The van der Waals surface area contributed by atoms with Crippen molar-refractivity contribution >= 4 is 11.7 Å². The van der Waals surface area contributed by atoms with E-state index in [4.69, 9.17) is 0 Å². The first-order chi connectivity index (χ1) is 10.5. The van der Waals surface area contributed by atoms with E-state index in [2.05, 4.69) is 39.8 Å². The van der Waals surface area contributed by atoms with Crippen LogP contribution in [0.25, 0.3) is 0 Å². The normalized spacial score (nSPS) is 21.2. The van der Waals surface area contributed by atoms with E-state index >= 15 is 0 Å². The second-order valence-electron chi connectivity index (χ2n) is 6.22. The summed E-state index contributed by atoms with van der Waals surface area (Å²) in [5.74, 6) is 0. The van der Waals surface area contributed by atoms with E-state index in [1.54, 1.807) is 0 Å². The predicted molar refractivity (Wildman–Crippen MR) is 89.3 cm³/mol. The van der Waals surface area contributed by atoms with E-state index in [-0.39, 0.29) is 18.2 Å². The van der Waals surface area contributed by atoms with Crippen LogP contribution in [0.15, 0.2) is 24.3 Å². The molecule has 3 N–H and O–H groups in total. The summed E-state index contributed by atoms with van der Waals surface area (Å²) in [6.45, 7) is 0.627. The Labute approximate surface area is 132 Å². The Bertz CT molecular complexity index is 465. The van der Waals surface area contributed by atoms with E-state index in [0.717, 1.165) is 32.1 Å². The van der Waals surface area contributed by atoms with Gasteiger partial charge in [0.25, 0.3) is 0 Å². The molecule has 2 amide bonds. The van der Waals surface area contributed by atoms with Gasteiger partial charge in [-0.05, 0) is 49.8 Å². The highest BCUT2D eigenvalue weighted by atomic mass is 16.3. The number of hydrogen-bond acceptors (Lipinski definition) is 3. The summed E-state index contributed by atoms with van der Waals surface area (Å²) in [4.78, 5) is 13.9. The van der Waals surface area contributed by atoms with Crippen molar-refractivity contribution in [3.05, 3.63) is 29.8 Å². The van der Waals surface area contributed by atoms with Crippen LogP contribution in [0.3, 0.4) is 0 Å². The van der Waals surface area contributed by atoms with Crippen LogP contribution in [0, 0.1) is 0 Å². The number of aliphatic hydroxyl groups excluding tert-OH is 1. The quantitative estimate of drug-likeness (QED) is 0.778. The number of nitrogens with zero attached hydrogens (tertiary/aromatic N) is 1. The fourth-order valence-corrected chi connectivity index (χ4v) is 2.74. The molecule has 1 aliphatic rings. The molecule has 0 spiro atoms. The number of nitrogens with one attached hydrogen (secondary N) is 2. The predicted octanol–water partition coefficient (Wildman–Crippen LogP) is 1.90. The van der Waals surface area contributed by atoms with Gasteiger partial charge in [0.2, 0.25) is 0 Å².